The Kier molecular flexibility index (Phi) is 4.96. The maximum absolute atomic E-state index is 11.8. The highest BCUT2D eigenvalue weighted by Gasteiger charge is 2.16. The minimum Gasteiger partial charge on any atom is -0.507 e. The van der Waals surface area contributed by atoms with Crippen LogP contribution < -0.4 is 5.32 Å². The molecule has 3 N–H and O–H groups in total. The largest absolute Gasteiger partial charge is 0.507 e. The van der Waals surface area contributed by atoms with Gasteiger partial charge in [0.2, 0.25) is 0 Å². The Labute approximate surface area is 109 Å². The van der Waals surface area contributed by atoms with Gasteiger partial charge in [0.1, 0.15) is 5.75 Å². The smallest absolute Gasteiger partial charge is 0.251 e. The first-order valence-corrected chi connectivity index (χ1v) is 6.15. The van der Waals surface area contributed by atoms with E-state index in [-0.39, 0.29) is 30.2 Å². The Bertz CT molecular complexity index is 407. The number of phenols is 1. The molecular formula is C12H16BrNO3. The molecule has 5 heteroatoms. The van der Waals surface area contributed by atoms with Crippen molar-refractivity contribution >= 4 is 21.8 Å². The van der Waals surface area contributed by atoms with Crippen molar-refractivity contribution in [1.82, 2.24) is 5.32 Å². The topological polar surface area (TPSA) is 69.6 Å². The van der Waals surface area contributed by atoms with Gasteiger partial charge >= 0.3 is 0 Å². The van der Waals surface area contributed by atoms with Crippen LogP contribution in [0.4, 0.5) is 0 Å². The van der Waals surface area contributed by atoms with Gasteiger partial charge in [0.15, 0.2) is 0 Å². The van der Waals surface area contributed by atoms with E-state index in [1.54, 1.807) is 12.1 Å². The fourth-order valence-corrected chi connectivity index (χ4v) is 1.58. The maximum atomic E-state index is 11.8. The number of halogens is 1. The van der Waals surface area contributed by atoms with Crippen LogP contribution in [0.25, 0.3) is 0 Å². The minimum absolute atomic E-state index is 0.0164. The fourth-order valence-electron chi connectivity index (χ4n) is 1.33. The molecular weight excluding hydrogens is 286 g/mol. The number of aliphatic hydroxyl groups excluding tert-OH is 1. The third kappa shape index (κ3) is 3.71. The van der Waals surface area contributed by atoms with Crippen LogP contribution in [0.2, 0.25) is 0 Å². The van der Waals surface area contributed by atoms with E-state index < -0.39 is 0 Å². The van der Waals surface area contributed by atoms with Gasteiger partial charge in [-0.25, -0.2) is 0 Å². The summed E-state index contributed by atoms with van der Waals surface area (Å²) in [4.78, 5) is 11.8. The molecule has 1 aromatic carbocycles. The first-order valence-electron chi connectivity index (χ1n) is 5.36. The Morgan fingerprint density at radius 1 is 1.47 bits per heavy atom. The predicted molar refractivity (Wildman–Crippen MR) is 69.0 cm³/mol. The van der Waals surface area contributed by atoms with E-state index >= 15 is 0 Å². The van der Waals surface area contributed by atoms with Crippen LogP contribution in [0.5, 0.6) is 5.75 Å². The normalized spacial score (nSPS) is 12.5. The highest BCUT2D eigenvalue weighted by molar-refractivity contribution is 9.10. The van der Waals surface area contributed by atoms with E-state index in [1.165, 1.54) is 6.07 Å². The molecule has 0 aromatic heterocycles. The predicted octanol–water partition coefficient (Wildman–Crippen LogP) is 1.90. The van der Waals surface area contributed by atoms with Crippen molar-refractivity contribution in [2.75, 3.05) is 6.61 Å². The number of amides is 1. The molecule has 4 nitrogen and oxygen atoms in total. The van der Waals surface area contributed by atoms with Crippen LogP contribution in [-0.2, 0) is 0 Å². The number of phenolic OH excluding ortho intramolecular Hbond substituents is 1. The van der Waals surface area contributed by atoms with Crippen molar-refractivity contribution in [3.8, 4) is 5.75 Å². The number of nitrogens with one attached hydrogen (secondary N) is 1. The standard InChI is InChI=1S/C12H16BrNO3/c1-7(2)10(6-15)14-12(17)8-3-4-9(13)11(16)5-8/h3-5,7,10,15-16H,6H2,1-2H3,(H,14,17)/t10-/m1/s1. The molecule has 0 saturated heterocycles. The number of hydrogen-bond acceptors (Lipinski definition) is 3. The van der Waals surface area contributed by atoms with E-state index in [9.17, 15) is 9.90 Å². The summed E-state index contributed by atoms with van der Waals surface area (Å²) < 4.78 is 0.539. The molecule has 17 heavy (non-hydrogen) atoms. The summed E-state index contributed by atoms with van der Waals surface area (Å²) in [7, 11) is 0. The molecule has 0 aliphatic rings. The molecule has 0 unspecified atom stereocenters. The van der Waals surface area contributed by atoms with Crippen molar-refractivity contribution < 1.29 is 15.0 Å². The van der Waals surface area contributed by atoms with E-state index in [0.29, 0.717) is 10.0 Å². The molecule has 0 saturated carbocycles. The third-order valence-corrected chi connectivity index (χ3v) is 3.20. The molecule has 1 amide bonds. The van der Waals surface area contributed by atoms with Gasteiger partial charge in [0.05, 0.1) is 17.1 Å². The van der Waals surface area contributed by atoms with Crippen molar-refractivity contribution in [3.63, 3.8) is 0 Å². The van der Waals surface area contributed by atoms with Gasteiger partial charge in [-0.15, -0.1) is 0 Å². The Hall–Kier alpha value is -1.07. The van der Waals surface area contributed by atoms with E-state index in [1.807, 2.05) is 13.8 Å². The lowest BCUT2D eigenvalue weighted by molar-refractivity contribution is 0.0896. The lowest BCUT2D eigenvalue weighted by Gasteiger charge is -2.19. The maximum Gasteiger partial charge on any atom is 0.251 e. The Morgan fingerprint density at radius 2 is 2.12 bits per heavy atom. The Morgan fingerprint density at radius 3 is 2.59 bits per heavy atom. The third-order valence-electron chi connectivity index (χ3n) is 2.53. The molecule has 0 fully saturated rings. The van der Waals surface area contributed by atoms with Gasteiger partial charge < -0.3 is 15.5 Å². The number of carbonyl (C=O) groups excluding carboxylic acids is 1. The van der Waals surface area contributed by atoms with Crippen LogP contribution in [0.15, 0.2) is 22.7 Å². The second kappa shape index (κ2) is 6.02. The summed E-state index contributed by atoms with van der Waals surface area (Å²) in [6, 6.07) is 4.31. The molecule has 1 rings (SSSR count). The summed E-state index contributed by atoms with van der Waals surface area (Å²) in [5.41, 5.74) is 0.366. The van der Waals surface area contributed by atoms with Crippen LogP contribution in [-0.4, -0.2) is 28.8 Å². The summed E-state index contributed by atoms with van der Waals surface area (Å²) in [6.07, 6.45) is 0. The monoisotopic (exact) mass is 301 g/mol. The van der Waals surface area contributed by atoms with Gasteiger partial charge in [-0.3, -0.25) is 4.79 Å². The molecule has 0 bridgehead atoms. The zero-order chi connectivity index (χ0) is 13.0. The second-order valence-corrected chi connectivity index (χ2v) is 5.03. The lowest BCUT2D eigenvalue weighted by atomic mass is 10.0. The number of hydrogen-bond donors (Lipinski definition) is 3. The highest BCUT2D eigenvalue weighted by atomic mass is 79.9. The molecule has 0 heterocycles. The van der Waals surface area contributed by atoms with Gasteiger partial charge in [-0.05, 0) is 40.0 Å². The lowest BCUT2D eigenvalue weighted by Crippen LogP contribution is -2.41. The summed E-state index contributed by atoms with van der Waals surface area (Å²) >= 11 is 3.14. The number of carbonyl (C=O) groups is 1. The van der Waals surface area contributed by atoms with E-state index in [0.717, 1.165) is 0 Å². The van der Waals surface area contributed by atoms with Crippen LogP contribution in [0.1, 0.15) is 24.2 Å². The van der Waals surface area contributed by atoms with E-state index in [4.69, 9.17) is 5.11 Å². The van der Waals surface area contributed by atoms with Gasteiger partial charge in [-0.1, -0.05) is 13.8 Å². The van der Waals surface area contributed by atoms with E-state index in [2.05, 4.69) is 21.2 Å². The average Bonchev–Trinajstić information content (AvgIpc) is 2.28. The number of aromatic hydroxyl groups is 1. The SMILES string of the molecule is CC(C)[C@@H](CO)NC(=O)c1ccc(Br)c(O)c1. The van der Waals surface area contributed by atoms with Gasteiger partial charge in [0.25, 0.3) is 5.91 Å². The second-order valence-electron chi connectivity index (χ2n) is 4.17. The molecule has 0 spiro atoms. The fraction of sp³-hybridized carbons (Fsp3) is 0.417. The highest BCUT2D eigenvalue weighted by Crippen LogP contribution is 2.24. The Balaban J connectivity index is 2.79. The van der Waals surface area contributed by atoms with Crippen molar-refractivity contribution in [2.45, 2.75) is 19.9 Å². The zero-order valence-electron chi connectivity index (χ0n) is 9.77. The first kappa shape index (κ1) is 14.0. The number of benzene rings is 1. The molecule has 0 radical (unpaired) electrons. The van der Waals surface area contributed by atoms with Crippen LogP contribution >= 0.6 is 15.9 Å². The van der Waals surface area contributed by atoms with Crippen LogP contribution in [0, 0.1) is 5.92 Å². The van der Waals surface area contributed by atoms with Crippen molar-refractivity contribution in [2.24, 2.45) is 5.92 Å². The van der Waals surface area contributed by atoms with Crippen molar-refractivity contribution in [1.29, 1.82) is 0 Å². The van der Waals surface area contributed by atoms with Crippen molar-refractivity contribution in [3.05, 3.63) is 28.2 Å². The van der Waals surface area contributed by atoms with Gasteiger partial charge in [-0.2, -0.15) is 0 Å². The summed E-state index contributed by atoms with van der Waals surface area (Å²) in [5.74, 6) is -0.142. The molecule has 1 atom stereocenters. The quantitative estimate of drug-likeness (QED) is 0.795. The molecule has 94 valence electrons. The molecule has 1 aromatic rings. The number of aliphatic hydroxyl groups is 1. The zero-order valence-corrected chi connectivity index (χ0v) is 11.4. The number of rotatable bonds is 4. The summed E-state index contributed by atoms with van der Waals surface area (Å²) in [6.45, 7) is 3.73. The molecule has 0 aliphatic heterocycles. The van der Waals surface area contributed by atoms with Gasteiger partial charge in [0, 0.05) is 5.56 Å². The van der Waals surface area contributed by atoms with Crippen LogP contribution in [0.3, 0.4) is 0 Å². The minimum atomic E-state index is -0.305. The molecule has 0 aliphatic carbocycles. The average molecular weight is 302 g/mol. The summed E-state index contributed by atoms with van der Waals surface area (Å²) in [5, 5.41) is 21.3. The first-order chi connectivity index (χ1) is 7.95.